The highest BCUT2D eigenvalue weighted by atomic mass is 16.7. The number of phenols is 2. The number of ether oxygens (including phenoxy) is 3. The molecule has 0 saturated carbocycles. The van der Waals surface area contributed by atoms with Crippen molar-refractivity contribution >= 4 is 11.0 Å². The predicted molar refractivity (Wildman–Crippen MR) is 138 cm³/mol. The number of aromatic hydroxyl groups is 2. The van der Waals surface area contributed by atoms with Gasteiger partial charge in [0, 0.05) is 17.7 Å². The van der Waals surface area contributed by atoms with Crippen LogP contribution in [0.25, 0.3) is 22.3 Å². The summed E-state index contributed by atoms with van der Waals surface area (Å²) in [6, 6.07) is 7.48. The van der Waals surface area contributed by atoms with Gasteiger partial charge in [-0.1, -0.05) is 0 Å². The third-order valence-corrected chi connectivity index (χ3v) is 7.40. The van der Waals surface area contributed by atoms with Gasteiger partial charge >= 0.3 is 0 Å². The summed E-state index contributed by atoms with van der Waals surface area (Å²) in [5.41, 5.74) is -1.20. The quantitative estimate of drug-likeness (QED) is 0.142. The van der Waals surface area contributed by atoms with E-state index in [0.717, 1.165) is 12.1 Å². The maximum absolute atomic E-state index is 13.2. The Labute approximate surface area is 236 Å². The number of rotatable bonds is 6. The third-order valence-electron chi connectivity index (χ3n) is 7.40. The Balaban J connectivity index is 1.73. The fraction of sp³-hybridized carbons (Fsp3) is 0.444. The molecule has 5 rings (SSSR count). The molecule has 3 aromatic rings. The van der Waals surface area contributed by atoms with Crippen molar-refractivity contribution in [1.82, 2.24) is 0 Å². The van der Waals surface area contributed by atoms with Gasteiger partial charge in [-0.05, 0) is 24.3 Å². The molecular formula is C27H30O15. The molecule has 10 N–H and O–H groups in total. The number of hydrogen-bond donors (Lipinski definition) is 10. The number of benzene rings is 2. The van der Waals surface area contributed by atoms with Gasteiger partial charge in [0.2, 0.25) is 6.29 Å². The zero-order valence-corrected chi connectivity index (χ0v) is 21.7. The van der Waals surface area contributed by atoms with Crippen LogP contribution < -0.4 is 10.2 Å². The Morgan fingerprint density at radius 1 is 0.738 bits per heavy atom. The normalized spacial score (nSPS) is 33.5. The highest BCUT2D eigenvalue weighted by molar-refractivity contribution is 5.89. The summed E-state index contributed by atoms with van der Waals surface area (Å²) < 4.78 is 22.9. The van der Waals surface area contributed by atoms with Crippen molar-refractivity contribution < 1.29 is 69.7 Å². The number of phenolic OH excluding ortho intramolecular Hbond substituents is 2. The summed E-state index contributed by atoms with van der Waals surface area (Å²) >= 11 is 0. The van der Waals surface area contributed by atoms with E-state index in [1.54, 1.807) is 0 Å². The molecule has 15 heteroatoms. The monoisotopic (exact) mass is 594 g/mol. The number of hydrogen-bond acceptors (Lipinski definition) is 15. The van der Waals surface area contributed by atoms with E-state index in [4.69, 9.17) is 18.6 Å². The van der Waals surface area contributed by atoms with Crippen molar-refractivity contribution in [1.29, 1.82) is 0 Å². The maximum Gasteiger partial charge on any atom is 0.229 e. The second-order valence-electron chi connectivity index (χ2n) is 10.1. The molecule has 0 unspecified atom stereocenters. The second kappa shape index (κ2) is 11.7. The fourth-order valence-corrected chi connectivity index (χ4v) is 5.08. The van der Waals surface area contributed by atoms with Crippen molar-refractivity contribution in [2.75, 3.05) is 13.2 Å². The molecule has 2 aromatic carbocycles. The van der Waals surface area contributed by atoms with Crippen LogP contribution >= 0.6 is 0 Å². The van der Waals surface area contributed by atoms with Gasteiger partial charge in [0.1, 0.15) is 83.3 Å². The van der Waals surface area contributed by atoms with E-state index in [2.05, 4.69) is 0 Å². The van der Waals surface area contributed by atoms with E-state index in [0.29, 0.717) is 5.56 Å². The molecule has 0 spiro atoms. The van der Waals surface area contributed by atoms with Crippen LogP contribution in [0.5, 0.6) is 17.2 Å². The molecule has 42 heavy (non-hydrogen) atoms. The van der Waals surface area contributed by atoms with Gasteiger partial charge in [-0.2, -0.15) is 0 Å². The smallest absolute Gasteiger partial charge is 0.229 e. The molecule has 1 aromatic heterocycles. The van der Waals surface area contributed by atoms with Crippen molar-refractivity contribution in [3.05, 3.63) is 52.2 Å². The molecule has 228 valence electrons. The fourth-order valence-electron chi connectivity index (χ4n) is 5.08. The van der Waals surface area contributed by atoms with E-state index in [9.17, 15) is 55.9 Å². The van der Waals surface area contributed by atoms with Gasteiger partial charge in [-0.3, -0.25) is 4.79 Å². The maximum atomic E-state index is 13.2. The largest absolute Gasteiger partial charge is 0.508 e. The predicted octanol–water partition coefficient (Wildman–Crippen LogP) is -2.44. The van der Waals surface area contributed by atoms with Crippen LogP contribution in [0.3, 0.4) is 0 Å². The summed E-state index contributed by atoms with van der Waals surface area (Å²) in [5, 5.41) is 102. The van der Waals surface area contributed by atoms with Gasteiger partial charge in [-0.15, -0.1) is 0 Å². The molecule has 2 aliphatic heterocycles. The summed E-state index contributed by atoms with van der Waals surface area (Å²) in [5.74, 6) is -1.29. The van der Waals surface area contributed by atoms with Crippen LogP contribution in [0, 0.1) is 0 Å². The highest BCUT2D eigenvalue weighted by Crippen LogP contribution is 2.45. The summed E-state index contributed by atoms with van der Waals surface area (Å²) in [6.45, 7) is -1.58. The number of aliphatic hydroxyl groups excluding tert-OH is 8. The van der Waals surface area contributed by atoms with Crippen molar-refractivity contribution in [3.8, 4) is 28.6 Å². The average molecular weight is 595 g/mol. The van der Waals surface area contributed by atoms with Crippen LogP contribution in [-0.2, 0) is 9.47 Å². The molecule has 0 radical (unpaired) electrons. The lowest BCUT2D eigenvalue weighted by Gasteiger charge is -2.42. The van der Waals surface area contributed by atoms with Crippen LogP contribution in [0.1, 0.15) is 11.7 Å². The Kier molecular flexibility index (Phi) is 8.41. The Bertz CT molecular complexity index is 1470. The average Bonchev–Trinajstić information content (AvgIpc) is 2.97. The summed E-state index contributed by atoms with van der Waals surface area (Å²) in [4.78, 5) is 13.2. The Morgan fingerprint density at radius 3 is 1.95 bits per heavy atom. The van der Waals surface area contributed by atoms with Crippen molar-refractivity contribution in [2.45, 2.75) is 61.2 Å². The highest BCUT2D eigenvalue weighted by Gasteiger charge is 2.48. The van der Waals surface area contributed by atoms with E-state index < -0.39 is 102 Å². The van der Waals surface area contributed by atoms with Crippen LogP contribution in [0.4, 0.5) is 0 Å². The van der Waals surface area contributed by atoms with E-state index in [1.165, 1.54) is 24.3 Å². The molecule has 10 atom stereocenters. The molecule has 2 saturated heterocycles. The van der Waals surface area contributed by atoms with Crippen molar-refractivity contribution in [2.24, 2.45) is 0 Å². The lowest BCUT2D eigenvalue weighted by Crippen LogP contribution is -2.60. The van der Waals surface area contributed by atoms with E-state index in [1.807, 2.05) is 0 Å². The molecule has 15 nitrogen and oxygen atoms in total. The molecule has 2 fully saturated rings. The van der Waals surface area contributed by atoms with Crippen LogP contribution in [-0.4, -0.2) is 119 Å². The SMILES string of the molecule is O=c1cc(-c2ccc(O)cc2)oc2c([C@H]3O[C@H](CO)[C@H](O)[C@@H](O)[C@@H]3O)c(O[C@H]3O[C@@H](CO)[C@H](O)[C@@H](O)[C@@H]3O)cc(O)c12. The van der Waals surface area contributed by atoms with Crippen molar-refractivity contribution in [3.63, 3.8) is 0 Å². The third kappa shape index (κ3) is 5.20. The standard InChI is InChI=1S/C27H30O15/c28-7-15-19(33)21(35)23(37)26(40-15)18-14(41-27-24(38)22(36)20(34)16(8-29)42-27)6-12(32)17-11(31)5-13(39-25(17)18)9-1-3-10(30)4-2-9/h1-6,15-16,19-24,26-30,32-38H,7-8H2/t15-,16+,19+,20+,21-,22-,23+,24+,26-,27+/m1/s1. The first-order chi connectivity index (χ1) is 20.0. The van der Waals surface area contributed by atoms with Gasteiger partial charge in [0.15, 0.2) is 11.0 Å². The summed E-state index contributed by atoms with van der Waals surface area (Å²) in [7, 11) is 0. The lowest BCUT2D eigenvalue weighted by molar-refractivity contribution is -0.278. The summed E-state index contributed by atoms with van der Waals surface area (Å²) in [6.07, 6.45) is -17.3. The zero-order chi connectivity index (χ0) is 30.5. The van der Waals surface area contributed by atoms with Crippen LogP contribution in [0.2, 0.25) is 0 Å². The lowest BCUT2D eigenvalue weighted by atomic mass is 9.89. The molecule has 0 aliphatic carbocycles. The topological polar surface area (TPSA) is 260 Å². The first-order valence-corrected chi connectivity index (χ1v) is 12.9. The van der Waals surface area contributed by atoms with Gasteiger partial charge in [-0.25, -0.2) is 0 Å². The minimum Gasteiger partial charge on any atom is -0.508 e. The number of fused-ring (bicyclic) bond motifs is 1. The van der Waals surface area contributed by atoms with E-state index in [-0.39, 0.29) is 17.1 Å². The molecule has 0 amide bonds. The first kappa shape index (κ1) is 30.1. The minimum atomic E-state index is -1.92. The van der Waals surface area contributed by atoms with Gasteiger partial charge in [0.05, 0.1) is 18.8 Å². The van der Waals surface area contributed by atoms with Gasteiger partial charge < -0.3 is 69.7 Å². The minimum absolute atomic E-state index is 0.0669. The Morgan fingerprint density at radius 2 is 1.33 bits per heavy atom. The molecule has 2 aliphatic rings. The number of aliphatic hydroxyl groups is 8. The van der Waals surface area contributed by atoms with E-state index >= 15 is 0 Å². The van der Waals surface area contributed by atoms with Crippen LogP contribution in [0.15, 0.2) is 45.6 Å². The van der Waals surface area contributed by atoms with Gasteiger partial charge in [0.25, 0.3) is 0 Å². The second-order valence-corrected chi connectivity index (χ2v) is 10.1. The Hall–Kier alpha value is -3.35. The first-order valence-electron chi connectivity index (χ1n) is 12.9. The molecule has 3 heterocycles. The zero-order valence-electron chi connectivity index (χ0n) is 21.7. The molecule has 0 bridgehead atoms. The molecular weight excluding hydrogens is 564 g/mol.